The van der Waals surface area contributed by atoms with Crippen LogP contribution in [0.4, 0.5) is 0 Å². The smallest absolute Gasteiger partial charge is 0.338 e. The second-order valence-electron chi connectivity index (χ2n) is 5.36. The highest BCUT2D eigenvalue weighted by Gasteiger charge is 2.46. The van der Waals surface area contributed by atoms with Crippen molar-refractivity contribution in [2.24, 2.45) is 0 Å². The molecular formula is C16H24O6. The maximum atomic E-state index is 11.7. The molecule has 6 nitrogen and oxygen atoms in total. The topological polar surface area (TPSA) is 71.1 Å². The zero-order valence-corrected chi connectivity index (χ0v) is 13.8. The van der Waals surface area contributed by atoms with Crippen molar-refractivity contribution in [3.8, 4) is 0 Å². The molecular weight excluding hydrogens is 288 g/mol. The van der Waals surface area contributed by atoms with Crippen molar-refractivity contribution in [1.82, 2.24) is 0 Å². The third-order valence-corrected chi connectivity index (χ3v) is 3.22. The van der Waals surface area contributed by atoms with Gasteiger partial charge in [-0.15, -0.1) is 0 Å². The molecule has 6 heteroatoms. The molecule has 0 aromatic heterocycles. The highest BCUT2D eigenvalue weighted by molar-refractivity contribution is 5.86. The van der Waals surface area contributed by atoms with Gasteiger partial charge in [-0.2, -0.15) is 0 Å². The summed E-state index contributed by atoms with van der Waals surface area (Å²) in [5, 5.41) is 0. The molecule has 0 unspecified atom stereocenters. The van der Waals surface area contributed by atoms with Crippen molar-refractivity contribution in [2.45, 2.75) is 52.1 Å². The van der Waals surface area contributed by atoms with Gasteiger partial charge >= 0.3 is 11.9 Å². The Morgan fingerprint density at radius 1 is 1.00 bits per heavy atom. The van der Waals surface area contributed by atoms with E-state index in [4.69, 9.17) is 9.47 Å². The van der Waals surface area contributed by atoms with E-state index < -0.39 is 30.4 Å². The van der Waals surface area contributed by atoms with Crippen molar-refractivity contribution in [3.63, 3.8) is 0 Å². The minimum absolute atomic E-state index is 0.659. The van der Waals surface area contributed by atoms with Crippen LogP contribution < -0.4 is 0 Å². The van der Waals surface area contributed by atoms with Gasteiger partial charge in [0.05, 0.1) is 14.2 Å². The predicted molar refractivity (Wildman–Crippen MR) is 80.0 cm³/mol. The lowest BCUT2D eigenvalue weighted by molar-refractivity contribution is -0.160. The van der Waals surface area contributed by atoms with Gasteiger partial charge in [0.2, 0.25) is 0 Å². The number of carbonyl (C=O) groups is 2. The zero-order chi connectivity index (χ0) is 16.7. The second-order valence-corrected chi connectivity index (χ2v) is 5.36. The van der Waals surface area contributed by atoms with Gasteiger partial charge in [-0.05, 0) is 39.7 Å². The van der Waals surface area contributed by atoms with E-state index >= 15 is 0 Å². The summed E-state index contributed by atoms with van der Waals surface area (Å²) in [6.07, 6.45) is 2.69. The van der Waals surface area contributed by atoms with E-state index in [2.05, 4.69) is 15.5 Å². The highest BCUT2D eigenvalue weighted by Crippen LogP contribution is 2.24. The molecule has 1 saturated heterocycles. The molecule has 0 bridgehead atoms. The average Bonchev–Trinajstić information content (AvgIpc) is 2.88. The van der Waals surface area contributed by atoms with Crippen LogP contribution in [-0.4, -0.2) is 44.7 Å². The Balaban J connectivity index is 2.71. The lowest BCUT2D eigenvalue weighted by Gasteiger charge is -2.11. The number of allylic oxidation sites excluding steroid dienone is 3. The van der Waals surface area contributed by atoms with Gasteiger partial charge in [-0.25, -0.2) is 9.59 Å². The van der Waals surface area contributed by atoms with Crippen molar-refractivity contribution in [1.29, 1.82) is 0 Å². The van der Waals surface area contributed by atoms with Crippen molar-refractivity contribution in [3.05, 3.63) is 23.3 Å². The van der Waals surface area contributed by atoms with Gasteiger partial charge in [0.25, 0.3) is 0 Å². The van der Waals surface area contributed by atoms with E-state index in [1.165, 1.54) is 19.8 Å². The molecule has 0 N–H and O–H groups in total. The first-order chi connectivity index (χ1) is 10.4. The predicted octanol–water partition coefficient (Wildman–Crippen LogP) is 2.14. The lowest BCUT2D eigenvalue weighted by Crippen LogP contribution is -2.38. The zero-order valence-electron chi connectivity index (χ0n) is 13.8. The molecule has 0 aliphatic carbocycles. The largest absolute Gasteiger partial charge is 0.467 e. The summed E-state index contributed by atoms with van der Waals surface area (Å²) in [6, 6.07) is 0. The van der Waals surface area contributed by atoms with Crippen LogP contribution >= 0.6 is 0 Å². The van der Waals surface area contributed by atoms with E-state index in [0.717, 1.165) is 18.4 Å². The van der Waals surface area contributed by atoms with Gasteiger partial charge < -0.3 is 18.9 Å². The van der Waals surface area contributed by atoms with Gasteiger partial charge in [-0.1, -0.05) is 17.2 Å². The first kappa shape index (κ1) is 18.4. The summed E-state index contributed by atoms with van der Waals surface area (Å²) in [5.74, 6) is -1.32. The Morgan fingerprint density at radius 2 is 1.50 bits per heavy atom. The molecule has 0 saturated carbocycles. The van der Waals surface area contributed by atoms with Gasteiger partial charge in [0, 0.05) is 0 Å². The van der Waals surface area contributed by atoms with Crippen LogP contribution in [0.5, 0.6) is 0 Å². The number of methoxy groups -OCH3 is 2. The Hall–Kier alpha value is -1.66. The van der Waals surface area contributed by atoms with E-state index in [1.54, 1.807) is 6.08 Å². The number of hydrogen-bond acceptors (Lipinski definition) is 6. The molecule has 0 amide bonds. The fourth-order valence-electron chi connectivity index (χ4n) is 2.04. The van der Waals surface area contributed by atoms with Gasteiger partial charge in [-0.3, -0.25) is 0 Å². The number of esters is 2. The second kappa shape index (κ2) is 8.70. The van der Waals surface area contributed by atoms with Gasteiger partial charge in [0.1, 0.15) is 0 Å². The third-order valence-electron chi connectivity index (χ3n) is 3.22. The Morgan fingerprint density at radius 3 is 1.91 bits per heavy atom. The Kier molecular flexibility index (Phi) is 7.27. The Labute approximate surface area is 131 Å². The van der Waals surface area contributed by atoms with Crippen LogP contribution in [0.25, 0.3) is 0 Å². The molecule has 0 spiro atoms. The number of ether oxygens (including phenoxy) is 4. The van der Waals surface area contributed by atoms with Crippen LogP contribution in [0.2, 0.25) is 0 Å². The maximum absolute atomic E-state index is 11.7. The molecule has 1 rings (SSSR count). The van der Waals surface area contributed by atoms with Crippen LogP contribution in [0.1, 0.15) is 33.6 Å². The Bertz CT molecular complexity index is 437. The summed E-state index contributed by atoms with van der Waals surface area (Å²) in [5.41, 5.74) is 2.31. The van der Waals surface area contributed by atoms with Crippen molar-refractivity contribution < 1.29 is 28.5 Å². The van der Waals surface area contributed by atoms with Crippen molar-refractivity contribution >= 4 is 11.9 Å². The van der Waals surface area contributed by atoms with Crippen LogP contribution in [0, 0.1) is 0 Å². The summed E-state index contributed by atoms with van der Waals surface area (Å²) in [4.78, 5) is 23.3. The monoisotopic (exact) mass is 312 g/mol. The fourth-order valence-corrected chi connectivity index (χ4v) is 2.04. The molecule has 1 fully saturated rings. The van der Waals surface area contributed by atoms with Gasteiger partial charge in [0.15, 0.2) is 18.5 Å². The SMILES string of the molecule is COC(=O)[C@@H]1OC(C=C(C)CCC=C(C)C)O[C@H]1C(=O)OC. The fraction of sp³-hybridized carbons (Fsp3) is 0.625. The molecule has 1 aliphatic rings. The van der Waals surface area contributed by atoms with Crippen LogP contribution in [-0.2, 0) is 28.5 Å². The molecule has 124 valence electrons. The third kappa shape index (κ3) is 5.27. The summed E-state index contributed by atoms with van der Waals surface area (Å²) >= 11 is 0. The molecule has 0 aromatic rings. The van der Waals surface area contributed by atoms with E-state index in [1.807, 2.05) is 20.8 Å². The standard InChI is InChI=1S/C16H24O6/c1-10(2)7-6-8-11(3)9-12-21-13(15(17)19-4)14(22-12)16(18)20-5/h7,9,12-14H,6,8H2,1-5H3/t13-,14-/m1/s1. The average molecular weight is 312 g/mol. The number of hydrogen-bond donors (Lipinski definition) is 0. The van der Waals surface area contributed by atoms with E-state index in [0.29, 0.717) is 0 Å². The number of rotatable bonds is 6. The highest BCUT2D eigenvalue weighted by atomic mass is 16.8. The first-order valence-electron chi connectivity index (χ1n) is 7.16. The quantitative estimate of drug-likeness (QED) is 0.553. The summed E-state index contributed by atoms with van der Waals surface area (Å²) in [7, 11) is 2.46. The molecule has 1 heterocycles. The minimum atomic E-state index is -1.11. The number of carbonyl (C=O) groups excluding carboxylic acids is 2. The summed E-state index contributed by atoms with van der Waals surface area (Å²) in [6.45, 7) is 6.04. The van der Waals surface area contributed by atoms with E-state index in [-0.39, 0.29) is 0 Å². The molecule has 0 aromatic carbocycles. The molecule has 22 heavy (non-hydrogen) atoms. The van der Waals surface area contributed by atoms with Crippen molar-refractivity contribution in [2.75, 3.05) is 14.2 Å². The molecule has 1 aliphatic heterocycles. The maximum Gasteiger partial charge on any atom is 0.338 e. The normalized spacial score (nSPS) is 22.3. The molecule has 0 radical (unpaired) electrons. The van der Waals surface area contributed by atoms with Crippen LogP contribution in [0.15, 0.2) is 23.3 Å². The lowest BCUT2D eigenvalue weighted by atomic mass is 10.1. The van der Waals surface area contributed by atoms with Crippen LogP contribution in [0.3, 0.4) is 0 Å². The summed E-state index contributed by atoms with van der Waals surface area (Å²) < 4.78 is 20.2. The molecule has 2 atom stereocenters. The first-order valence-corrected chi connectivity index (χ1v) is 7.16. The van der Waals surface area contributed by atoms with E-state index in [9.17, 15) is 9.59 Å². The minimum Gasteiger partial charge on any atom is -0.467 e.